The summed E-state index contributed by atoms with van der Waals surface area (Å²) in [6, 6.07) is 13.7. The second kappa shape index (κ2) is 6.50. The number of rotatable bonds is 4. The molecule has 6 nitrogen and oxygen atoms in total. The van der Waals surface area contributed by atoms with Gasteiger partial charge in [-0.25, -0.2) is 4.63 Å². The zero-order valence-electron chi connectivity index (χ0n) is 12.1. The van der Waals surface area contributed by atoms with E-state index in [9.17, 15) is 4.79 Å². The molecule has 0 unspecified atom stereocenters. The zero-order chi connectivity index (χ0) is 16.2. The topological polar surface area (TPSA) is 77.2 Å². The minimum absolute atomic E-state index is 0.244. The van der Waals surface area contributed by atoms with Gasteiger partial charge in [0.15, 0.2) is 5.69 Å². The highest BCUT2D eigenvalue weighted by Crippen LogP contribution is 2.26. The van der Waals surface area contributed by atoms with Crippen LogP contribution in [0.3, 0.4) is 0 Å². The summed E-state index contributed by atoms with van der Waals surface area (Å²) in [5.41, 5.74) is 1.64. The fourth-order valence-electron chi connectivity index (χ4n) is 1.99. The molecule has 0 aliphatic rings. The van der Waals surface area contributed by atoms with Gasteiger partial charge in [-0.15, -0.1) is 0 Å². The lowest BCUT2D eigenvalue weighted by atomic mass is 10.1. The molecule has 0 bridgehead atoms. The molecule has 1 heterocycles. The van der Waals surface area contributed by atoms with Gasteiger partial charge in [0.2, 0.25) is 5.82 Å². The van der Waals surface area contributed by atoms with E-state index in [0.29, 0.717) is 22.0 Å². The van der Waals surface area contributed by atoms with Crippen LogP contribution in [0.15, 0.2) is 53.2 Å². The molecule has 0 aliphatic carbocycles. The highest BCUT2D eigenvalue weighted by Gasteiger charge is 2.16. The molecule has 1 amide bonds. The largest absolute Gasteiger partial charge is 0.497 e. The molecule has 0 fully saturated rings. The van der Waals surface area contributed by atoms with Crippen molar-refractivity contribution < 1.29 is 14.2 Å². The monoisotopic (exact) mass is 329 g/mol. The van der Waals surface area contributed by atoms with E-state index in [-0.39, 0.29) is 11.7 Å². The molecule has 116 valence electrons. The van der Waals surface area contributed by atoms with Crippen LogP contribution >= 0.6 is 11.6 Å². The Bertz CT molecular complexity index is 813. The van der Waals surface area contributed by atoms with Gasteiger partial charge in [-0.05, 0) is 46.7 Å². The predicted octanol–water partition coefficient (Wildman–Crippen LogP) is 3.65. The average molecular weight is 330 g/mol. The fraction of sp³-hybridized carbons (Fsp3) is 0.0625. The maximum atomic E-state index is 12.3. The molecule has 0 radical (unpaired) electrons. The number of anilines is 1. The molecule has 7 heteroatoms. The van der Waals surface area contributed by atoms with Gasteiger partial charge in [0.05, 0.1) is 7.11 Å². The van der Waals surface area contributed by atoms with E-state index in [1.807, 2.05) is 0 Å². The molecule has 0 aliphatic heterocycles. The zero-order valence-corrected chi connectivity index (χ0v) is 12.9. The van der Waals surface area contributed by atoms with Crippen LogP contribution in [0.4, 0.5) is 5.82 Å². The van der Waals surface area contributed by atoms with Crippen LogP contribution in [0.2, 0.25) is 5.02 Å². The molecular weight excluding hydrogens is 318 g/mol. The van der Waals surface area contributed by atoms with Gasteiger partial charge in [-0.3, -0.25) is 4.79 Å². The van der Waals surface area contributed by atoms with Crippen molar-refractivity contribution in [3.63, 3.8) is 0 Å². The maximum absolute atomic E-state index is 12.3. The molecule has 2 aromatic carbocycles. The number of halogens is 1. The lowest BCUT2D eigenvalue weighted by molar-refractivity contribution is 0.102. The van der Waals surface area contributed by atoms with E-state index in [0.717, 1.165) is 5.56 Å². The number of ether oxygens (including phenoxy) is 1. The lowest BCUT2D eigenvalue weighted by Crippen LogP contribution is -2.12. The van der Waals surface area contributed by atoms with E-state index >= 15 is 0 Å². The predicted molar refractivity (Wildman–Crippen MR) is 85.7 cm³/mol. The summed E-state index contributed by atoms with van der Waals surface area (Å²) in [7, 11) is 1.56. The number of hydrogen-bond donors (Lipinski definition) is 1. The second-order valence-corrected chi connectivity index (χ2v) is 5.09. The molecular formula is C16H12ClN3O3. The third-order valence-electron chi connectivity index (χ3n) is 3.19. The smallest absolute Gasteiger partial charge is 0.256 e. The number of hydrogen-bond acceptors (Lipinski definition) is 5. The number of nitrogens with zero attached hydrogens (tertiary/aromatic N) is 2. The summed E-state index contributed by atoms with van der Waals surface area (Å²) < 4.78 is 9.80. The number of carbonyl (C=O) groups excluding carboxylic acids is 1. The molecule has 0 saturated heterocycles. The van der Waals surface area contributed by atoms with Gasteiger partial charge in [0, 0.05) is 16.1 Å². The van der Waals surface area contributed by atoms with Crippen LogP contribution in [0, 0.1) is 0 Å². The summed E-state index contributed by atoms with van der Waals surface area (Å²) in [4.78, 5) is 12.3. The molecule has 0 spiro atoms. The van der Waals surface area contributed by atoms with Crippen molar-refractivity contribution in [3.05, 3.63) is 59.1 Å². The van der Waals surface area contributed by atoms with Crippen molar-refractivity contribution in [2.45, 2.75) is 0 Å². The quantitative estimate of drug-likeness (QED) is 0.790. The Morgan fingerprint density at radius 3 is 2.43 bits per heavy atom. The summed E-state index contributed by atoms with van der Waals surface area (Å²) in [6.45, 7) is 0. The molecule has 3 rings (SSSR count). The summed E-state index contributed by atoms with van der Waals surface area (Å²) in [5, 5.41) is 10.8. The Morgan fingerprint density at radius 2 is 1.78 bits per heavy atom. The van der Waals surface area contributed by atoms with Crippen LogP contribution in [0.25, 0.3) is 11.3 Å². The van der Waals surface area contributed by atoms with Crippen molar-refractivity contribution in [1.82, 2.24) is 10.3 Å². The van der Waals surface area contributed by atoms with Gasteiger partial charge in [-0.1, -0.05) is 23.7 Å². The standard InChI is InChI=1S/C16H12ClN3O3/c1-22-13-8-4-11(5-9-13)16(21)18-15-14(19-23-20-15)10-2-6-12(17)7-3-10/h2-9H,1H3,(H,18,20,21). The Balaban J connectivity index is 1.81. The van der Waals surface area contributed by atoms with Crippen molar-refractivity contribution in [2.24, 2.45) is 0 Å². The van der Waals surface area contributed by atoms with Gasteiger partial charge in [0.25, 0.3) is 5.91 Å². The Kier molecular flexibility index (Phi) is 4.25. The molecule has 1 aromatic heterocycles. The van der Waals surface area contributed by atoms with Gasteiger partial charge in [0.1, 0.15) is 5.75 Å². The first-order valence-corrected chi connectivity index (χ1v) is 7.09. The van der Waals surface area contributed by atoms with E-state index < -0.39 is 0 Å². The van der Waals surface area contributed by atoms with Gasteiger partial charge < -0.3 is 10.1 Å². The van der Waals surface area contributed by atoms with Crippen molar-refractivity contribution in [3.8, 4) is 17.0 Å². The molecule has 0 saturated carbocycles. The number of aromatic nitrogens is 2. The highest BCUT2D eigenvalue weighted by atomic mass is 35.5. The van der Waals surface area contributed by atoms with E-state index in [1.165, 1.54) is 0 Å². The third-order valence-corrected chi connectivity index (χ3v) is 3.44. The van der Waals surface area contributed by atoms with Crippen LogP contribution in [0.1, 0.15) is 10.4 Å². The maximum Gasteiger partial charge on any atom is 0.256 e. The van der Waals surface area contributed by atoms with Crippen molar-refractivity contribution in [1.29, 1.82) is 0 Å². The first-order chi connectivity index (χ1) is 11.2. The third kappa shape index (κ3) is 3.32. The van der Waals surface area contributed by atoms with Crippen LogP contribution in [0.5, 0.6) is 5.75 Å². The summed E-state index contributed by atoms with van der Waals surface area (Å²) >= 11 is 5.86. The minimum Gasteiger partial charge on any atom is -0.497 e. The van der Waals surface area contributed by atoms with Crippen LogP contribution in [-0.2, 0) is 0 Å². The molecule has 0 atom stereocenters. The lowest BCUT2D eigenvalue weighted by Gasteiger charge is -2.04. The summed E-state index contributed by atoms with van der Waals surface area (Å²) in [5.74, 6) is 0.596. The minimum atomic E-state index is -0.321. The molecule has 3 aromatic rings. The SMILES string of the molecule is COc1ccc(C(=O)Nc2nonc2-c2ccc(Cl)cc2)cc1. The van der Waals surface area contributed by atoms with Crippen LogP contribution < -0.4 is 10.1 Å². The van der Waals surface area contributed by atoms with Crippen molar-refractivity contribution in [2.75, 3.05) is 12.4 Å². The van der Waals surface area contributed by atoms with E-state index in [1.54, 1.807) is 55.6 Å². The number of amides is 1. The normalized spacial score (nSPS) is 10.3. The Labute approximate surface area is 137 Å². The van der Waals surface area contributed by atoms with E-state index in [2.05, 4.69) is 15.6 Å². The number of methoxy groups -OCH3 is 1. The number of benzene rings is 2. The Hall–Kier alpha value is -2.86. The molecule has 23 heavy (non-hydrogen) atoms. The number of nitrogens with one attached hydrogen (secondary N) is 1. The Morgan fingerprint density at radius 1 is 1.09 bits per heavy atom. The van der Waals surface area contributed by atoms with Crippen LogP contribution in [-0.4, -0.2) is 23.3 Å². The van der Waals surface area contributed by atoms with Gasteiger partial charge >= 0.3 is 0 Å². The number of carbonyl (C=O) groups is 1. The first-order valence-electron chi connectivity index (χ1n) is 6.71. The second-order valence-electron chi connectivity index (χ2n) is 4.65. The fourth-order valence-corrected chi connectivity index (χ4v) is 2.12. The first kappa shape index (κ1) is 15.1. The summed E-state index contributed by atoms with van der Waals surface area (Å²) in [6.07, 6.45) is 0. The molecule has 1 N–H and O–H groups in total. The highest BCUT2D eigenvalue weighted by molar-refractivity contribution is 6.30. The van der Waals surface area contributed by atoms with E-state index in [4.69, 9.17) is 21.0 Å². The van der Waals surface area contributed by atoms with Gasteiger partial charge in [-0.2, -0.15) is 0 Å². The van der Waals surface area contributed by atoms with Crippen molar-refractivity contribution >= 4 is 23.3 Å². The average Bonchev–Trinajstić information content (AvgIpc) is 3.03.